The Bertz CT molecular complexity index is 802. The van der Waals surface area contributed by atoms with Crippen LogP contribution in [0.3, 0.4) is 0 Å². The molecule has 8 heteroatoms. The molecular formula is C18H22FN5O2. The van der Waals surface area contributed by atoms with Crippen LogP contribution in [0.5, 0.6) is 0 Å². The number of amides is 2. The lowest BCUT2D eigenvalue weighted by atomic mass is 10.1. The zero-order valence-corrected chi connectivity index (χ0v) is 14.6. The maximum absolute atomic E-state index is 12.9. The Morgan fingerprint density at radius 3 is 2.77 bits per heavy atom. The second-order valence-corrected chi connectivity index (χ2v) is 6.55. The van der Waals surface area contributed by atoms with Crippen molar-refractivity contribution in [2.24, 2.45) is 0 Å². The molecule has 1 atom stereocenters. The number of nitrogens with zero attached hydrogens (tertiary/aromatic N) is 3. The molecule has 1 aromatic carbocycles. The number of likely N-dealkylation sites (tertiary alicyclic amines) is 1. The number of carbonyl (C=O) groups is 2. The van der Waals surface area contributed by atoms with Crippen LogP contribution < -0.4 is 11.1 Å². The van der Waals surface area contributed by atoms with Crippen LogP contribution >= 0.6 is 0 Å². The largest absolute Gasteiger partial charge is 0.384 e. The number of carbonyl (C=O) groups excluding carboxylic acids is 2. The topological polar surface area (TPSA) is 93.2 Å². The second kappa shape index (κ2) is 7.55. The third-order valence-corrected chi connectivity index (χ3v) is 4.39. The highest BCUT2D eigenvalue weighted by Crippen LogP contribution is 2.13. The van der Waals surface area contributed by atoms with Gasteiger partial charge in [-0.2, -0.15) is 5.10 Å². The van der Waals surface area contributed by atoms with Gasteiger partial charge in [0.1, 0.15) is 18.2 Å². The highest BCUT2D eigenvalue weighted by atomic mass is 19.1. The minimum Gasteiger partial charge on any atom is -0.384 e. The van der Waals surface area contributed by atoms with Gasteiger partial charge in [-0.3, -0.25) is 9.59 Å². The standard InChI is InChI=1S/C18H22FN5O2/c1-12-8-16(20)24(22-12)11-17(25)21-15-9-18(26)23(10-15)7-6-13-2-4-14(19)5-3-13/h2-5,8,15H,6-7,9-11,20H2,1H3,(H,21,25). The number of hydrogen-bond acceptors (Lipinski definition) is 4. The van der Waals surface area contributed by atoms with Gasteiger partial charge in [0.05, 0.1) is 11.7 Å². The van der Waals surface area contributed by atoms with E-state index in [1.165, 1.54) is 16.8 Å². The molecule has 26 heavy (non-hydrogen) atoms. The second-order valence-electron chi connectivity index (χ2n) is 6.55. The molecule has 2 heterocycles. The van der Waals surface area contributed by atoms with Gasteiger partial charge in [-0.25, -0.2) is 9.07 Å². The first-order valence-electron chi connectivity index (χ1n) is 8.52. The highest BCUT2D eigenvalue weighted by Gasteiger charge is 2.30. The van der Waals surface area contributed by atoms with E-state index in [-0.39, 0.29) is 36.6 Å². The fourth-order valence-corrected chi connectivity index (χ4v) is 3.10. The summed E-state index contributed by atoms with van der Waals surface area (Å²) in [6.45, 7) is 2.85. The quantitative estimate of drug-likeness (QED) is 0.800. The van der Waals surface area contributed by atoms with E-state index >= 15 is 0 Å². The fraction of sp³-hybridized carbons (Fsp3) is 0.389. The maximum atomic E-state index is 12.9. The number of nitrogen functional groups attached to an aromatic ring is 1. The van der Waals surface area contributed by atoms with Crippen LogP contribution in [0, 0.1) is 12.7 Å². The van der Waals surface area contributed by atoms with Crippen LogP contribution in [0.15, 0.2) is 30.3 Å². The summed E-state index contributed by atoms with van der Waals surface area (Å²) in [5, 5.41) is 7.01. The molecule has 1 aliphatic heterocycles. The SMILES string of the molecule is Cc1cc(N)n(CC(=O)NC2CC(=O)N(CCc3ccc(F)cc3)C2)n1. The van der Waals surface area contributed by atoms with E-state index in [2.05, 4.69) is 10.4 Å². The first-order valence-corrected chi connectivity index (χ1v) is 8.52. The van der Waals surface area contributed by atoms with Gasteiger partial charge in [0, 0.05) is 25.6 Å². The molecule has 1 aliphatic rings. The van der Waals surface area contributed by atoms with E-state index in [9.17, 15) is 14.0 Å². The third-order valence-electron chi connectivity index (χ3n) is 4.39. The van der Waals surface area contributed by atoms with Crippen molar-refractivity contribution in [3.63, 3.8) is 0 Å². The van der Waals surface area contributed by atoms with E-state index < -0.39 is 0 Å². The number of benzene rings is 1. The molecule has 1 fully saturated rings. The lowest BCUT2D eigenvalue weighted by Gasteiger charge is -2.17. The normalized spacial score (nSPS) is 16.9. The molecule has 2 aromatic rings. The molecule has 1 saturated heterocycles. The summed E-state index contributed by atoms with van der Waals surface area (Å²) in [6, 6.07) is 7.72. The maximum Gasteiger partial charge on any atom is 0.242 e. The molecule has 138 valence electrons. The Labute approximate surface area is 151 Å². The lowest BCUT2D eigenvalue weighted by Crippen LogP contribution is -2.39. The average Bonchev–Trinajstić information content (AvgIpc) is 3.08. The van der Waals surface area contributed by atoms with Gasteiger partial charge < -0.3 is 16.0 Å². The summed E-state index contributed by atoms with van der Waals surface area (Å²) in [5.74, 6) is -0.0623. The average molecular weight is 359 g/mol. The number of nitrogens with two attached hydrogens (primary N) is 1. The summed E-state index contributed by atoms with van der Waals surface area (Å²) in [7, 11) is 0. The molecule has 0 spiro atoms. The first kappa shape index (κ1) is 17.9. The van der Waals surface area contributed by atoms with E-state index in [0.29, 0.717) is 25.3 Å². The number of anilines is 1. The molecule has 7 nitrogen and oxygen atoms in total. The van der Waals surface area contributed by atoms with E-state index in [1.54, 1.807) is 30.0 Å². The van der Waals surface area contributed by atoms with Crippen LogP contribution in [0.1, 0.15) is 17.7 Å². The van der Waals surface area contributed by atoms with Crippen LogP contribution in [-0.2, 0) is 22.6 Å². The van der Waals surface area contributed by atoms with Crippen LogP contribution in [0.25, 0.3) is 0 Å². The number of nitrogens with one attached hydrogen (secondary N) is 1. The number of aryl methyl sites for hydroxylation is 1. The zero-order chi connectivity index (χ0) is 18.7. The van der Waals surface area contributed by atoms with Gasteiger partial charge in [-0.15, -0.1) is 0 Å². The molecule has 0 aliphatic carbocycles. The van der Waals surface area contributed by atoms with Crippen LogP contribution in [-0.4, -0.2) is 45.6 Å². The predicted octanol–water partition coefficient (Wildman–Crippen LogP) is 0.873. The van der Waals surface area contributed by atoms with Gasteiger partial charge in [0.25, 0.3) is 0 Å². The smallest absolute Gasteiger partial charge is 0.242 e. The number of halogens is 1. The number of aromatic nitrogens is 2. The Hall–Kier alpha value is -2.90. The predicted molar refractivity (Wildman–Crippen MR) is 94.6 cm³/mol. The third kappa shape index (κ3) is 4.38. The fourth-order valence-electron chi connectivity index (χ4n) is 3.10. The van der Waals surface area contributed by atoms with Crippen molar-refractivity contribution in [3.05, 3.63) is 47.4 Å². The molecule has 3 rings (SSSR count). The molecule has 3 N–H and O–H groups in total. The van der Waals surface area contributed by atoms with Crippen molar-refractivity contribution in [1.29, 1.82) is 0 Å². The summed E-state index contributed by atoms with van der Waals surface area (Å²) < 4.78 is 14.4. The molecule has 0 radical (unpaired) electrons. The number of rotatable bonds is 6. The molecule has 2 amide bonds. The summed E-state index contributed by atoms with van der Waals surface area (Å²) in [6.07, 6.45) is 0.929. The highest BCUT2D eigenvalue weighted by molar-refractivity contribution is 5.82. The Morgan fingerprint density at radius 1 is 1.38 bits per heavy atom. The zero-order valence-electron chi connectivity index (χ0n) is 14.6. The Balaban J connectivity index is 1.48. The van der Waals surface area contributed by atoms with Gasteiger partial charge in [0.15, 0.2) is 0 Å². The van der Waals surface area contributed by atoms with Crippen molar-refractivity contribution in [2.45, 2.75) is 32.4 Å². The molecular weight excluding hydrogens is 337 g/mol. The molecule has 0 bridgehead atoms. The number of hydrogen-bond donors (Lipinski definition) is 2. The van der Waals surface area contributed by atoms with Crippen molar-refractivity contribution < 1.29 is 14.0 Å². The Morgan fingerprint density at radius 2 is 2.12 bits per heavy atom. The van der Waals surface area contributed by atoms with E-state index in [4.69, 9.17) is 5.73 Å². The van der Waals surface area contributed by atoms with Crippen molar-refractivity contribution in [2.75, 3.05) is 18.8 Å². The lowest BCUT2D eigenvalue weighted by molar-refractivity contribution is -0.127. The Kier molecular flexibility index (Phi) is 5.20. The van der Waals surface area contributed by atoms with Crippen molar-refractivity contribution in [3.8, 4) is 0 Å². The summed E-state index contributed by atoms with van der Waals surface area (Å²) in [4.78, 5) is 26.0. The molecule has 1 aromatic heterocycles. The van der Waals surface area contributed by atoms with Gasteiger partial charge in [0.2, 0.25) is 11.8 Å². The molecule has 1 unspecified atom stereocenters. The first-order chi connectivity index (χ1) is 12.4. The summed E-state index contributed by atoms with van der Waals surface area (Å²) in [5.41, 5.74) is 7.50. The van der Waals surface area contributed by atoms with Gasteiger partial charge >= 0.3 is 0 Å². The molecule has 0 saturated carbocycles. The van der Waals surface area contributed by atoms with Crippen molar-refractivity contribution in [1.82, 2.24) is 20.0 Å². The van der Waals surface area contributed by atoms with E-state index in [1.807, 2.05) is 0 Å². The minimum absolute atomic E-state index is 0.00635. The monoisotopic (exact) mass is 359 g/mol. The van der Waals surface area contributed by atoms with Crippen molar-refractivity contribution >= 4 is 17.6 Å². The van der Waals surface area contributed by atoms with Gasteiger partial charge in [-0.05, 0) is 31.0 Å². The van der Waals surface area contributed by atoms with E-state index in [0.717, 1.165) is 11.3 Å². The summed E-state index contributed by atoms with van der Waals surface area (Å²) >= 11 is 0. The van der Waals surface area contributed by atoms with Gasteiger partial charge in [-0.1, -0.05) is 12.1 Å². The van der Waals surface area contributed by atoms with Crippen LogP contribution in [0.2, 0.25) is 0 Å². The minimum atomic E-state index is -0.276. The van der Waals surface area contributed by atoms with Crippen LogP contribution in [0.4, 0.5) is 10.2 Å².